The lowest BCUT2D eigenvalue weighted by Gasteiger charge is -2.23. The molecule has 3 aromatic carbocycles. The molecule has 128 valence electrons. The molecule has 0 unspecified atom stereocenters. The molecule has 0 saturated carbocycles. The summed E-state index contributed by atoms with van der Waals surface area (Å²) in [5.74, 6) is 0.109. The van der Waals surface area contributed by atoms with Crippen molar-refractivity contribution in [1.29, 1.82) is 0 Å². The minimum Gasteiger partial charge on any atom is -0.329 e. The predicted octanol–water partition coefficient (Wildman–Crippen LogP) is 5.43. The number of rotatable bonds is 2. The van der Waals surface area contributed by atoms with Gasteiger partial charge in [0, 0.05) is 12.1 Å². The molecule has 1 aliphatic heterocycles. The molecule has 1 fully saturated rings. The molecule has 26 heavy (non-hydrogen) atoms. The monoisotopic (exact) mass is 358 g/mol. The van der Waals surface area contributed by atoms with Crippen LogP contribution in [0, 0.1) is 0 Å². The van der Waals surface area contributed by atoms with Crippen molar-refractivity contribution in [2.45, 2.75) is 18.9 Å². The van der Waals surface area contributed by atoms with Crippen LogP contribution in [0.4, 0.5) is 0 Å². The Labute approximate surface area is 155 Å². The standard InChI is InChI=1S/C22H18N2OS/c25-22(17-12-11-15-6-1-2-7-16(15)14-17)24-13-5-9-19(24)21-23-18-8-3-4-10-20(18)26-21/h1-4,6-8,10-12,14,19H,5,9,13H2/t19-/m1/s1. The van der Waals surface area contributed by atoms with Gasteiger partial charge in [-0.15, -0.1) is 11.3 Å². The van der Waals surface area contributed by atoms with Gasteiger partial charge in [-0.2, -0.15) is 0 Å². The molecule has 0 spiro atoms. The number of hydrogen-bond donors (Lipinski definition) is 0. The van der Waals surface area contributed by atoms with Crippen molar-refractivity contribution in [2.75, 3.05) is 6.54 Å². The summed E-state index contributed by atoms with van der Waals surface area (Å²) in [5, 5.41) is 3.32. The predicted molar refractivity (Wildman–Crippen MR) is 107 cm³/mol. The minimum atomic E-state index is 0.0892. The molecular formula is C22H18N2OS. The molecule has 4 aromatic rings. The topological polar surface area (TPSA) is 33.2 Å². The normalized spacial score (nSPS) is 17.2. The number of fused-ring (bicyclic) bond motifs is 2. The Morgan fingerprint density at radius 3 is 2.69 bits per heavy atom. The zero-order valence-electron chi connectivity index (χ0n) is 14.3. The summed E-state index contributed by atoms with van der Waals surface area (Å²) in [5.41, 5.74) is 1.79. The number of likely N-dealkylation sites (tertiary alicyclic amines) is 1. The van der Waals surface area contributed by atoms with Crippen molar-refractivity contribution in [3.05, 3.63) is 77.3 Å². The van der Waals surface area contributed by atoms with Crippen molar-refractivity contribution >= 4 is 38.2 Å². The molecule has 2 heterocycles. The number of para-hydroxylation sites is 1. The lowest BCUT2D eigenvalue weighted by molar-refractivity contribution is 0.0736. The van der Waals surface area contributed by atoms with Crippen LogP contribution in [0.2, 0.25) is 0 Å². The van der Waals surface area contributed by atoms with Crippen LogP contribution in [0.5, 0.6) is 0 Å². The van der Waals surface area contributed by atoms with Crippen LogP contribution in [0.3, 0.4) is 0 Å². The fourth-order valence-corrected chi connectivity index (χ4v) is 4.90. The fourth-order valence-electron chi connectivity index (χ4n) is 3.79. The maximum absolute atomic E-state index is 13.2. The van der Waals surface area contributed by atoms with Crippen molar-refractivity contribution in [2.24, 2.45) is 0 Å². The van der Waals surface area contributed by atoms with Crippen LogP contribution in [-0.2, 0) is 0 Å². The van der Waals surface area contributed by atoms with Crippen LogP contribution < -0.4 is 0 Å². The zero-order chi connectivity index (χ0) is 17.5. The summed E-state index contributed by atoms with van der Waals surface area (Å²) in [7, 11) is 0. The molecule has 0 N–H and O–H groups in total. The largest absolute Gasteiger partial charge is 0.329 e. The molecule has 1 aliphatic rings. The van der Waals surface area contributed by atoms with E-state index in [0.717, 1.165) is 46.2 Å². The van der Waals surface area contributed by atoms with Crippen LogP contribution in [-0.4, -0.2) is 22.3 Å². The highest BCUT2D eigenvalue weighted by Crippen LogP contribution is 2.37. The minimum absolute atomic E-state index is 0.0892. The molecule has 0 aliphatic carbocycles. The molecule has 5 rings (SSSR count). The highest BCUT2D eigenvalue weighted by Gasteiger charge is 2.32. The Morgan fingerprint density at radius 2 is 1.81 bits per heavy atom. The van der Waals surface area contributed by atoms with Crippen molar-refractivity contribution in [3.63, 3.8) is 0 Å². The molecule has 1 aromatic heterocycles. The highest BCUT2D eigenvalue weighted by molar-refractivity contribution is 7.18. The first-order chi connectivity index (χ1) is 12.8. The average molecular weight is 358 g/mol. The molecule has 3 nitrogen and oxygen atoms in total. The SMILES string of the molecule is O=C(c1ccc2ccccc2c1)N1CCC[C@@H]1c1nc2ccccc2s1. The van der Waals surface area contributed by atoms with Gasteiger partial charge in [-0.25, -0.2) is 4.98 Å². The lowest BCUT2D eigenvalue weighted by Crippen LogP contribution is -2.30. The Kier molecular flexibility index (Phi) is 3.71. The highest BCUT2D eigenvalue weighted by atomic mass is 32.1. The Balaban J connectivity index is 1.49. The summed E-state index contributed by atoms with van der Waals surface area (Å²) < 4.78 is 1.19. The van der Waals surface area contributed by atoms with Gasteiger partial charge in [-0.05, 0) is 47.9 Å². The summed E-state index contributed by atoms with van der Waals surface area (Å²) in [6.45, 7) is 0.798. The van der Waals surface area contributed by atoms with Gasteiger partial charge >= 0.3 is 0 Å². The van der Waals surface area contributed by atoms with E-state index in [2.05, 4.69) is 18.2 Å². The maximum atomic E-state index is 13.2. The van der Waals surface area contributed by atoms with E-state index in [-0.39, 0.29) is 11.9 Å². The van der Waals surface area contributed by atoms with E-state index >= 15 is 0 Å². The van der Waals surface area contributed by atoms with E-state index in [1.54, 1.807) is 11.3 Å². The fraction of sp³-hybridized carbons (Fsp3) is 0.182. The van der Waals surface area contributed by atoms with Crippen LogP contribution in [0.1, 0.15) is 34.2 Å². The third-order valence-electron chi connectivity index (χ3n) is 5.11. The number of carbonyl (C=O) groups is 1. The van der Waals surface area contributed by atoms with E-state index in [1.165, 1.54) is 4.70 Å². The van der Waals surface area contributed by atoms with Gasteiger partial charge < -0.3 is 4.90 Å². The third kappa shape index (κ3) is 2.58. The van der Waals surface area contributed by atoms with Gasteiger partial charge in [-0.1, -0.05) is 42.5 Å². The van der Waals surface area contributed by atoms with E-state index in [9.17, 15) is 4.79 Å². The van der Waals surface area contributed by atoms with E-state index in [4.69, 9.17) is 4.98 Å². The summed E-state index contributed by atoms with van der Waals surface area (Å²) in [6, 6.07) is 22.4. The second-order valence-corrected chi connectivity index (χ2v) is 7.80. The number of hydrogen-bond acceptors (Lipinski definition) is 3. The van der Waals surface area contributed by atoms with Gasteiger partial charge in [0.1, 0.15) is 5.01 Å². The van der Waals surface area contributed by atoms with E-state index in [0.29, 0.717) is 0 Å². The Morgan fingerprint density at radius 1 is 1.00 bits per heavy atom. The van der Waals surface area contributed by atoms with Crippen molar-refractivity contribution in [3.8, 4) is 0 Å². The molecule has 0 bridgehead atoms. The summed E-state index contributed by atoms with van der Waals surface area (Å²) in [6.07, 6.45) is 2.01. The third-order valence-corrected chi connectivity index (χ3v) is 6.24. The summed E-state index contributed by atoms with van der Waals surface area (Å²) in [4.78, 5) is 20.0. The first-order valence-corrected chi connectivity index (χ1v) is 9.76. The van der Waals surface area contributed by atoms with E-state index < -0.39 is 0 Å². The molecule has 1 amide bonds. The molecule has 1 saturated heterocycles. The van der Waals surface area contributed by atoms with E-state index in [1.807, 2.05) is 53.4 Å². The molecule has 4 heteroatoms. The summed E-state index contributed by atoms with van der Waals surface area (Å²) >= 11 is 1.71. The van der Waals surface area contributed by atoms with Gasteiger partial charge in [0.25, 0.3) is 5.91 Å². The van der Waals surface area contributed by atoms with Gasteiger partial charge in [0.05, 0.1) is 16.3 Å². The quantitative estimate of drug-likeness (QED) is 0.479. The van der Waals surface area contributed by atoms with Crippen LogP contribution in [0.25, 0.3) is 21.0 Å². The number of nitrogens with zero attached hydrogens (tertiary/aromatic N) is 2. The number of thiazole rings is 1. The molecule has 1 atom stereocenters. The maximum Gasteiger partial charge on any atom is 0.254 e. The second kappa shape index (κ2) is 6.22. The zero-order valence-corrected chi connectivity index (χ0v) is 15.1. The number of benzene rings is 3. The first-order valence-electron chi connectivity index (χ1n) is 8.95. The first kappa shape index (κ1) is 15.5. The van der Waals surface area contributed by atoms with Crippen molar-refractivity contribution in [1.82, 2.24) is 9.88 Å². The van der Waals surface area contributed by atoms with Gasteiger partial charge in [0.2, 0.25) is 0 Å². The Bertz CT molecular complexity index is 1080. The average Bonchev–Trinajstić information content (AvgIpc) is 3.33. The number of carbonyl (C=O) groups excluding carboxylic acids is 1. The molecular weight excluding hydrogens is 340 g/mol. The Hall–Kier alpha value is -2.72. The van der Waals surface area contributed by atoms with Gasteiger partial charge in [0.15, 0.2) is 0 Å². The smallest absolute Gasteiger partial charge is 0.254 e. The van der Waals surface area contributed by atoms with Gasteiger partial charge in [-0.3, -0.25) is 4.79 Å². The second-order valence-electron chi connectivity index (χ2n) is 6.74. The number of amides is 1. The number of aromatic nitrogens is 1. The van der Waals surface area contributed by atoms with Crippen LogP contribution >= 0.6 is 11.3 Å². The van der Waals surface area contributed by atoms with Crippen molar-refractivity contribution < 1.29 is 4.79 Å². The molecule has 0 radical (unpaired) electrons. The lowest BCUT2D eigenvalue weighted by atomic mass is 10.1. The van der Waals surface area contributed by atoms with Crippen LogP contribution in [0.15, 0.2) is 66.7 Å².